The van der Waals surface area contributed by atoms with Crippen LogP contribution in [0.25, 0.3) is 0 Å². The number of nitrogens with one attached hydrogen (secondary N) is 1. The van der Waals surface area contributed by atoms with Crippen molar-refractivity contribution in [3.05, 3.63) is 52.0 Å². The highest BCUT2D eigenvalue weighted by atomic mass is 79.9. The number of benzene rings is 2. The minimum absolute atomic E-state index is 0.121. The Bertz CT molecular complexity index is 787. The van der Waals surface area contributed by atoms with E-state index in [1.165, 1.54) is 25.1 Å². The van der Waals surface area contributed by atoms with Gasteiger partial charge in [-0.25, -0.2) is 17.2 Å². The van der Waals surface area contributed by atoms with Crippen LogP contribution in [0.2, 0.25) is 0 Å². The Kier molecular flexibility index (Phi) is 4.20. The van der Waals surface area contributed by atoms with Gasteiger partial charge in [-0.2, -0.15) is 0 Å². The van der Waals surface area contributed by atoms with Gasteiger partial charge in [0.1, 0.15) is 11.6 Å². The lowest BCUT2D eigenvalue weighted by molar-refractivity contribution is 0.598. The van der Waals surface area contributed by atoms with Crippen LogP contribution in [0.15, 0.2) is 39.7 Å². The average Bonchev–Trinajstić information content (AvgIpc) is 2.39. The third-order valence-electron chi connectivity index (χ3n) is 2.74. The largest absolute Gasteiger partial charge is 0.396 e. The van der Waals surface area contributed by atoms with Crippen LogP contribution in [0.5, 0.6) is 0 Å². The predicted molar refractivity (Wildman–Crippen MR) is 80.5 cm³/mol. The molecule has 0 fully saturated rings. The van der Waals surface area contributed by atoms with Crippen LogP contribution < -0.4 is 10.5 Å². The summed E-state index contributed by atoms with van der Waals surface area (Å²) in [6.07, 6.45) is 0. The molecule has 4 nitrogen and oxygen atoms in total. The van der Waals surface area contributed by atoms with Crippen LogP contribution in [0.1, 0.15) is 5.56 Å². The molecule has 2 rings (SSSR count). The standard InChI is InChI=1S/C13H11BrF2N2O2S/c1-7-4-9(6-12(17)13(7)16)21(19,20)18-8-2-3-11(15)10(14)5-8/h2-6,18H,17H2,1H3. The van der Waals surface area contributed by atoms with Crippen LogP contribution in [0.3, 0.4) is 0 Å². The van der Waals surface area contributed by atoms with Crippen molar-refractivity contribution in [3.63, 3.8) is 0 Å². The zero-order valence-electron chi connectivity index (χ0n) is 10.8. The van der Waals surface area contributed by atoms with E-state index in [1.54, 1.807) is 0 Å². The second-order valence-corrected chi connectivity index (χ2v) is 6.91. The van der Waals surface area contributed by atoms with Gasteiger partial charge in [-0.05, 0) is 58.7 Å². The summed E-state index contributed by atoms with van der Waals surface area (Å²) in [6, 6.07) is 5.88. The molecule has 112 valence electrons. The van der Waals surface area contributed by atoms with E-state index >= 15 is 0 Å². The van der Waals surface area contributed by atoms with Gasteiger partial charge in [0.15, 0.2) is 0 Å². The molecule has 0 radical (unpaired) electrons. The molecular formula is C13H11BrF2N2O2S. The Labute approximate surface area is 129 Å². The summed E-state index contributed by atoms with van der Waals surface area (Å²) >= 11 is 2.96. The molecule has 2 aromatic rings. The van der Waals surface area contributed by atoms with E-state index in [9.17, 15) is 17.2 Å². The van der Waals surface area contributed by atoms with E-state index < -0.39 is 21.7 Å². The van der Waals surface area contributed by atoms with E-state index in [0.717, 1.165) is 12.1 Å². The molecule has 0 unspecified atom stereocenters. The van der Waals surface area contributed by atoms with Gasteiger partial charge in [0.25, 0.3) is 10.0 Å². The molecule has 0 aliphatic rings. The fraction of sp³-hybridized carbons (Fsp3) is 0.0769. The van der Waals surface area contributed by atoms with Crippen molar-refractivity contribution in [2.45, 2.75) is 11.8 Å². The minimum atomic E-state index is -3.94. The Morgan fingerprint density at radius 1 is 1.19 bits per heavy atom. The summed E-state index contributed by atoms with van der Waals surface area (Å²) in [7, 11) is -3.94. The van der Waals surface area contributed by atoms with Gasteiger partial charge >= 0.3 is 0 Å². The molecule has 0 spiro atoms. The molecule has 0 aliphatic carbocycles. The van der Waals surface area contributed by atoms with Gasteiger partial charge in [-0.3, -0.25) is 4.72 Å². The first-order valence-corrected chi connectivity index (χ1v) is 8.02. The van der Waals surface area contributed by atoms with Crippen molar-refractivity contribution in [1.82, 2.24) is 0 Å². The van der Waals surface area contributed by atoms with Crippen molar-refractivity contribution < 1.29 is 17.2 Å². The molecular weight excluding hydrogens is 366 g/mol. The maximum Gasteiger partial charge on any atom is 0.261 e. The molecule has 0 aromatic heterocycles. The molecule has 0 atom stereocenters. The van der Waals surface area contributed by atoms with Gasteiger partial charge in [0.2, 0.25) is 0 Å². The Hall–Kier alpha value is -1.67. The number of halogens is 3. The van der Waals surface area contributed by atoms with Gasteiger partial charge in [-0.15, -0.1) is 0 Å². The second kappa shape index (κ2) is 5.61. The van der Waals surface area contributed by atoms with Crippen LogP contribution in [-0.2, 0) is 10.0 Å². The Morgan fingerprint density at radius 3 is 2.43 bits per heavy atom. The fourth-order valence-electron chi connectivity index (χ4n) is 1.69. The number of aryl methyl sites for hydroxylation is 1. The zero-order chi connectivity index (χ0) is 15.8. The van der Waals surface area contributed by atoms with E-state index in [2.05, 4.69) is 20.7 Å². The van der Waals surface area contributed by atoms with Crippen molar-refractivity contribution in [3.8, 4) is 0 Å². The fourth-order valence-corrected chi connectivity index (χ4v) is 3.24. The number of hydrogen-bond donors (Lipinski definition) is 2. The number of anilines is 2. The molecule has 0 aliphatic heterocycles. The normalized spacial score (nSPS) is 11.4. The lowest BCUT2D eigenvalue weighted by Crippen LogP contribution is -2.14. The first kappa shape index (κ1) is 15.7. The van der Waals surface area contributed by atoms with Crippen molar-refractivity contribution in [2.75, 3.05) is 10.5 Å². The number of rotatable bonds is 3. The molecule has 0 bridgehead atoms. The Morgan fingerprint density at radius 2 is 1.86 bits per heavy atom. The van der Waals surface area contributed by atoms with Crippen molar-refractivity contribution in [2.24, 2.45) is 0 Å². The van der Waals surface area contributed by atoms with Crippen LogP contribution in [0, 0.1) is 18.6 Å². The van der Waals surface area contributed by atoms with E-state index in [4.69, 9.17) is 5.73 Å². The second-order valence-electron chi connectivity index (χ2n) is 4.38. The van der Waals surface area contributed by atoms with E-state index in [1.807, 2.05) is 0 Å². The summed E-state index contributed by atoms with van der Waals surface area (Å²) in [5, 5.41) is 0. The molecule has 8 heteroatoms. The summed E-state index contributed by atoms with van der Waals surface area (Å²) in [6.45, 7) is 1.42. The van der Waals surface area contributed by atoms with Crippen molar-refractivity contribution in [1.29, 1.82) is 0 Å². The quantitative estimate of drug-likeness (QED) is 0.806. The summed E-state index contributed by atoms with van der Waals surface area (Å²) < 4.78 is 53.4. The molecule has 21 heavy (non-hydrogen) atoms. The van der Waals surface area contributed by atoms with E-state index in [-0.39, 0.29) is 26.3 Å². The molecule has 0 saturated heterocycles. The van der Waals surface area contributed by atoms with Crippen LogP contribution in [0.4, 0.5) is 20.2 Å². The number of nitrogens with two attached hydrogens (primary N) is 1. The molecule has 0 saturated carbocycles. The highest BCUT2D eigenvalue weighted by molar-refractivity contribution is 9.10. The van der Waals surface area contributed by atoms with Gasteiger partial charge in [0.05, 0.1) is 20.7 Å². The number of hydrogen-bond acceptors (Lipinski definition) is 3. The average molecular weight is 377 g/mol. The van der Waals surface area contributed by atoms with Gasteiger partial charge < -0.3 is 5.73 Å². The topological polar surface area (TPSA) is 72.2 Å². The molecule has 0 amide bonds. The number of sulfonamides is 1. The van der Waals surface area contributed by atoms with Crippen molar-refractivity contribution >= 4 is 37.3 Å². The third-order valence-corrected chi connectivity index (χ3v) is 4.71. The summed E-state index contributed by atoms with van der Waals surface area (Å²) in [5.41, 5.74) is 5.47. The molecule has 3 N–H and O–H groups in total. The molecule has 0 heterocycles. The smallest absolute Gasteiger partial charge is 0.261 e. The van der Waals surface area contributed by atoms with Crippen LogP contribution >= 0.6 is 15.9 Å². The first-order valence-electron chi connectivity index (χ1n) is 5.74. The first-order chi connectivity index (χ1) is 9.70. The third kappa shape index (κ3) is 3.33. The van der Waals surface area contributed by atoms with Gasteiger partial charge in [0, 0.05) is 0 Å². The zero-order valence-corrected chi connectivity index (χ0v) is 13.2. The van der Waals surface area contributed by atoms with Crippen LogP contribution in [-0.4, -0.2) is 8.42 Å². The summed E-state index contributed by atoms with van der Waals surface area (Å²) in [5.74, 6) is -1.17. The highest BCUT2D eigenvalue weighted by Gasteiger charge is 2.18. The minimum Gasteiger partial charge on any atom is -0.396 e. The molecule has 2 aromatic carbocycles. The number of nitrogen functional groups attached to an aromatic ring is 1. The maximum atomic E-state index is 13.4. The predicted octanol–water partition coefficient (Wildman–Crippen LogP) is 3.42. The monoisotopic (exact) mass is 376 g/mol. The maximum absolute atomic E-state index is 13.4. The summed E-state index contributed by atoms with van der Waals surface area (Å²) in [4.78, 5) is -0.167. The lowest BCUT2D eigenvalue weighted by Gasteiger charge is -2.11. The SMILES string of the molecule is Cc1cc(S(=O)(=O)Nc2ccc(F)c(Br)c2)cc(N)c1F. The van der Waals surface area contributed by atoms with Gasteiger partial charge in [-0.1, -0.05) is 0 Å². The Balaban J connectivity index is 2.40. The van der Waals surface area contributed by atoms with E-state index in [0.29, 0.717) is 0 Å². The lowest BCUT2D eigenvalue weighted by atomic mass is 10.2. The highest BCUT2D eigenvalue weighted by Crippen LogP contribution is 2.25.